The minimum absolute atomic E-state index is 0. The Morgan fingerprint density at radius 3 is 2.41 bits per heavy atom. The summed E-state index contributed by atoms with van der Waals surface area (Å²) in [5.74, 6) is 0.644. The van der Waals surface area contributed by atoms with E-state index in [9.17, 15) is 4.79 Å². The van der Waals surface area contributed by atoms with Crippen molar-refractivity contribution in [1.29, 1.82) is 0 Å². The summed E-state index contributed by atoms with van der Waals surface area (Å²) in [6.07, 6.45) is 8.57. The van der Waals surface area contributed by atoms with E-state index in [0.29, 0.717) is 11.8 Å². The highest BCUT2D eigenvalue weighted by Gasteiger charge is 2.24. The predicted molar refractivity (Wildman–Crippen MR) is 72.5 cm³/mol. The molecule has 0 radical (unpaired) electrons. The molecule has 100 valence electrons. The average Bonchev–Trinajstić information content (AvgIpc) is 2.67. The van der Waals surface area contributed by atoms with Crippen molar-refractivity contribution in [1.82, 2.24) is 10.2 Å². The van der Waals surface area contributed by atoms with E-state index in [1.807, 2.05) is 0 Å². The van der Waals surface area contributed by atoms with Gasteiger partial charge < -0.3 is 10.2 Å². The van der Waals surface area contributed by atoms with Crippen molar-refractivity contribution in [2.24, 2.45) is 5.92 Å². The topological polar surface area (TPSA) is 32.3 Å². The van der Waals surface area contributed by atoms with E-state index >= 15 is 0 Å². The number of hydrogen-bond donors (Lipinski definition) is 1. The number of halogens is 1. The molecule has 0 atom stereocenters. The summed E-state index contributed by atoms with van der Waals surface area (Å²) in [6.45, 7) is 4.67. The number of nitrogens with zero attached hydrogens (tertiary/aromatic N) is 1. The summed E-state index contributed by atoms with van der Waals surface area (Å²) in [7, 11) is 0. The molecule has 1 aliphatic carbocycles. The number of nitrogens with one attached hydrogen (secondary N) is 1. The highest BCUT2D eigenvalue weighted by molar-refractivity contribution is 5.85. The highest BCUT2D eigenvalue weighted by atomic mass is 35.5. The summed E-state index contributed by atoms with van der Waals surface area (Å²) in [6, 6.07) is 0. The van der Waals surface area contributed by atoms with Crippen molar-refractivity contribution in [3.63, 3.8) is 0 Å². The van der Waals surface area contributed by atoms with E-state index in [4.69, 9.17) is 0 Å². The highest BCUT2D eigenvalue weighted by Crippen LogP contribution is 2.26. The van der Waals surface area contributed by atoms with Crippen LogP contribution in [-0.4, -0.2) is 37.0 Å². The van der Waals surface area contributed by atoms with Crippen LogP contribution in [0.2, 0.25) is 0 Å². The molecule has 0 spiro atoms. The molecule has 1 heterocycles. The maximum Gasteiger partial charge on any atom is 0.223 e. The number of hydrogen-bond acceptors (Lipinski definition) is 2. The molecule has 3 nitrogen and oxygen atoms in total. The van der Waals surface area contributed by atoms with Crippen molar-refractivity contribution >= 4 is 18.3 Å². The Balaban J connectivity index is 0.00000144. The fourth-order valence-corrected chi connectivity index (χ4v) is 2.49. The molecular weight excluding hydrogens is 236 g/mol. The second-order valence-electron chi connectivity index (χ2n) is 5.17. The van der Waals surface area contributed by atoms with Gasteiger partial charge in [0.2, 0.25) is 5.91 Å². The fourth-order valence-electron chi connectivity index (χ4n) is 2.49. The largest absolute Gasteiger partial charge is 0.356 e. The van der Waals surface area contributed by atoms with Crippen LogP contribution < -0.4 is 5.32 Å². The van der Waals surface area contributed by atoms with Crippen LogP contribution in [0.1, 0.15) is 44.9 Å². The molecule has 1 aliphatic heterocycles. The first-order valence-electron chi connectivity index (χ1n) is 6.86. The Labute approximate surface area is 111 Å². The zero-order chi connectivity index (χ0) is 11.2. The molecule has 17 heavy (non-hydrogen) atoms. The molecule has 2 fully saturated rings. The minimum Gasteiger partial charge on any atom is -0.356 e. The van der Waals surface area contributed by atoms with Gasteiger partial charge in [0.05, 0.1) is 0 Å². The second kappa shape index (κ2) is 7.93. The number of amides is 1. The molecule has 0 bridgehead atoms. The predicted octanol–water partition coefficient (Wildman–Crippen LogP) is 2.20. The number of carbonyl (C=O) groups excluding carboxylic acids is 1. The zero-order valence-electron chi connectivity index (χ0n) is 10.6. The number of likely N-dealkylation sites (tertiary alicyclic amines) is 1. The molecule has 1 N–H and O–H groups in total. The van der Waals surface area contributed by atoms with Gasteiger partial charge in [-0.3, -0.25) is 4.79 Å². The Hall–Kier alpha value is -0.280. The lowest BCUT2D eigenvalue weighted by molar-refractivity contribution is -0.127. The van der Waals surface area contributed by atoms with Gasteiger partial charge in [0.15, 0.2) is 0 Å². The lowest BCUT2D eigenvalue weighted by atomic mass is 9.85. The smallest absolute Gasteiger partial charge is 0.223 e. The Kier molecular flexibility index (Phi) is 6.90. The molecule has 2 rings (SSSR count). The number of rotatable bonds is 6. The van der Waals surface area contributed by atoms with Gasteiger partial charge in [-0.15, -0.1) is 12.4 Å². The van der Waals surface area contributed by atoms with E-state index in [1.165, 1.54) is 45.3 Å². The summed E-state index contributed by atoms with van der Waals surface area (Å²) >= 11 is 0. The Morgan fingerprint density at radius 1 is 1.12 bits per heavy atom. The maximum atomic E-state index is 11.5. The first kappa shape index (κ1) is 14.8. The Morgan fingerprint density at radius 2 is 1.82 bits per heavy atom. The molecular formula is C13H25ClN2O. The van der Waals surface area contributed by atoms with Gasteiger partial charge in [-0.25, -0.2) is 0 Å². The first-order chi connectivity index (χ1) is 7.86. The summed E-state index contributed by atoms with van der Waals surface area (Å²) in [4.78, 5) is 14.1. The van der Waals surface area contributed by atoms with Crippen molar-refractivity contribution in [3.05, 3.63) is 0 Å². The third kappa shape index (κ3) is 4.84. The summed E-state index contributed by atoms with van der Waals surface area (Å²) in [5, 5.41) is 3.05. The van der Waals surface area contributed by atoms with Crippen LogP contribution in [0, 0.1) is 5.92 Å². The lowest BCUT2D eigenvalue weighted by Crippen LogP contribution is -2.35. The van der Waals surface area contributed by atoms with Gasteiger partial charge in [0.25, 0.3) is 0 Å². The minimum atomic E-state index is 0. The number of carbonyl (C=O) groups is 1. The molecule has 1 saturated carbocycles. The van der Waals surface area contributed by atoms with Gasteiger partial charge in [-0.05, 0) is 58.2 Å². The van der Waals surface area contributed by atoms with E-state index in [0.717, 1.165) is 25.8 Å². The van der Waals surface area contributed by atoms with Crippen LogP contribution in [0.3, 0.4) is 0 Å². The molecule has 4 heteroatoms. The third-order valence-corrected chi connectivity index (χ3v) is 3.87. The van der Waals surface area contributed by atoms with Crippen LogP contribution in [0.25, 0.3) is 0 Å². The van der Waals surface area contributed by atoms with E-state index in [1.54, 1.807) is 0 Å². The monoisotopic (exact) mass is 260 g/mol. The van der Waals surface area contributed by atoms with E-state index < -0.39 is 0 Å². The van der Waals surface area contributed by atoms with Crippen molar-refractivity contribution in [2.45, 2.75) is 44.9 Å². The molecule has 1 amide bonds. The van der Waals surface area contributed by atoms with Gasteiger partial charge in [0.1, 0.15) is 0 Å². The first-order valence-corrected chi connectivity index (χ1v) is 6.86. The molecule has 0 aromatic rings. The van der Waals surface area contributed by atoms with Crippen LogP contribution >= 0.6 is 12.4 Å². The van der Waals surface area contributed by atoms with Crippen molar-refractivity contribution < 1.29 is 4.79 Å². The number of unbranched alkanes of at least 4 members (excludes halogenated alkanes) is 1. The third-order valence-electron chi connectivity index (χ3n) is 3.87. The quantitative estimate of drug-likeness (QED) is 0.743. The zero-order valence-corrected chi connectivity index (χ0v) is 11.4. The van der Waals surface area contributed by atoms with Crippen molar-refractivity contribution in [3.8, 4) is 0 Å². The maximum absolute atomic E-state index is 11.5. The molecule has 0 aromatic heterocycles. The van der Waals surface area contributed by atoms with Crippen LogP contribution in [0.5, 0.6) is 0 Å². The van der Waals surface area contributed by atoms with Crippen LogP contribution in [0.15, 0.2) is 0 Å². The normalized spacial score (nSPS) is 20.7. The second-order valence-corrected chi connectivity index (χ2v) is 5.17. The summed E-state index contributed by atoms with van der Waals surface area (Å²) in [5.41, 5.74) is 0. The average molecular weight is 261 g/mol. The van der Waals surface area contributed by atoms with Gasteiger partial charge in [-0.2, -0.15) is 0 Å². The van der Waals surface area contributed by atoms with Crippen molar-refractivity contribution in [2.75, 3.05) is 26.2 Å². The standard InChI is InChI=1S/C13H24N2O.ClH/c16-13(12-6-5-7-12)14-8-1-2-9-15-10-3-4-11-15;/h12H,1-11H2,(H,14,16);1H. The molecule has 1 saturated heterocycles. The molecule has 0 aromatic carbocycles. The van der Waals surface area contributed by atoms with Gasteiger partial charge in [-0.1, -0.05) is 6.42 Å². The van der Waals surface area contributed by atoms with E-state index in [2.05, 4.69) is 10.2 Å². The Bertz CT molecular complexity index is 225. The fraction of sp³-hybridized carbons (Fsp3) is 0.923. The summed E-state index contributed by atoms with van der Waals surface area (Å²) < 4.78 is 0. The SMILES string of the molecule is Cl.O=C(NCCCCN1CCCC1)C1CCC1. The van der Waals surface area contributed by atoms with Crippen LogP contribution in [0.4, 0.5) is 0 Å². The van der Waals surface area contributed by atoms with Gasteiger partial charge >= 0.3 is 0 Å². The molecule has 0 unspecified atom stereocenters. The van der Waals surface area contributed by atoms with Gasteiger partial charge in [0, 0.05) is 12.5 Å². The van der Waals surface area contributed by atoms with Crippen LogP contribution in [-0.2, 0) is 4.79 Å². The lowest BCUT2D eigenvalue weighted by Gasteiger charge is -2.24. The molecule has 2 aliphatic rings. The van der Waals surface area contributed by atoms with E-state index in [-0.39, 0.29) is 12.4 Å².